The van der Waals surface area contributed by atoms with Crippen LogP contribution >= 0.6 is 15.9 Å². The lowest BCUT2D eigenvalue weighted by atomic mass is 10.2. The fraction of sp³-hybridized carbons (Fsp3) is 0.455. The quantitative estimate of drug-likeness (QED) is 0.586. The molecule has 4 heterocycles. The molecule has 0 amide bonds. The minimum atomic E-state index is -0.0293. The topological polar surface area (TPSA) is 88.0 Å². The summed E-state index contributed by atoms with van der Waals surface area (Å²) in [6.45, 7) is 5.97. The van der Waals surface area contributed by atoms with Gasteiger partial charge in [0, 0.05) is 43.8 Å². The van der Waals surface area contributed by atoms with Crippen LogP contribution in [0.15, 0.2) is 33.7 Å². The van der Waals surface area contributed by atoms with Crippen LogP contribution in [0, 0.1) is 6.92 Å². The number of hydrogen-bond donors (Lipinski definition) is 2. The average Bonchev–Trinajstić information content (AvgIpc) is 3.30. The van der Waals surface area contributed by atoms with Gasteiger partial charge in [0.15, 0.2) is 0 Å². The molecule has 1 saturated carbocycles. The van der Waals surface area contributed by atoms with Crippen LogP contribution in [0.2, 0.25) is 0 Å². The van der Waals surface area contributed by atoms with Crippen LogP contribution in [0.3, 0.4) is 0 Å². The maximum absolute atomic E-state index is 12.9. The molecule has 162 valence electrons. The van der Waals surface area contributed by atoms with Crippen LogP contribution in [-0.2, 0) is 0 Å². The molecule has 5 rings (SSSR count). The number of nitrogens with one attached hydrogen (secondary N) is 2. The minimum Gasteiger partial charge on any atom is -0.368 e. The molecule has 8 nitrogen and oxygen atoms in total. The van der Waals surface area contributed by atoms with Crippen molar-refractivity contribution in [3.8, 4) is 0 Å². The number of piperazine rings is 1. The first kappa shape index (κ1) is 20.4. The molecule has 0 radical (unpaired) electrons. The van der Waals surface area contributed by atoms with Gasteiger partial charge in [0.05, 0.1) is 15.9 Å². The second kappa shape index (κ2) is 8.55. The maximum atomic E-state index is 12.9. The van der Waals surface area contributed by atoms with Crippen molar-refractivity contribution < 1.29 is 0 Å². The molecule has 31 heavy (non-hydrogen) atoms. The maximum Gasteiger partial charge on any atom is 0.266 e. The Morgan fingerprint density at radius 2 is 1.94 bits per heavy atom. The number of fused-ring (bicyclic) bond motifs is 1. The van der Waals surface area contributed by atoms with Gasteiger partial charge in [-0.1, -0.05) is 12.8 Å². The van der Waals surface area contributed by atoms with Crippen molar-refractivity contribution in [1.29, 1.82) is 0 Å². The van der Waals surface area contributed by atoms with Gasteiger partial charge in [0.1, 0.15) is 11.5 Å². The lowest BCUT2D eigenvalue weighted by molar-refractivity contribution is 0.514. The van der Waals surface area contributed by atoms with Crippen molar-refractivity contribution in [2.45, 2.75) is 38.6 Å². The van der Waals surface area contributed by atoms with E-state index >= 15 is 0 Å². The Bertz CT molecular complexity index is 1170. The van der Waals surface area contributed by atoms with Gasteiger partial charge >= 0.3 is 0 Å². The van der Waals surface area contributed by atoms with Gasteiger partial charge in [-0.25, -0.2) is 9.97 Å². The zero-order chi connectivity index (χ0) is 21.4. The van der Waals surface area contributed by atoms with Crippen LogP contribution in [0.5, 0.6) is 0 Å². The normalized spacial score (nSPS) is 17.4. The third-order valence-electron chi connectivity index (χ3n) is 6.17. The fourth-order valence-electron chi connectivity index (χ4n) is 4.63. The number of hydrogen-bond acceptors (Lipinski definition) is 7. The van der Waals surface area contributed by atoms with E-state index in [4.69, 9.17) is 9.97 Å². The molecule has 2 N–H and O–H groups in total. The summed E-state index contributed by atoms with van der Waals surface area (Å²) in [7, 11) is 0. The van der Waals surface area contributed by atoms with Crippen molar-refractivity contribution in [1.82, 2.24) is 24.8 Å². The van der Waals surface area contributed by atoms with E-state index in [0.29, 0.717) is 21.9 Å². The second-order valence-electron chi connectivity index (χ2n) is 8.24. The molecule has 1 aliphatic carbocycles. The molecule has 0 spiro atoms. The summed E-state index contributed by atoms with van der Waals surface area (Å²) in [4.78, 5) is 29.2. The summed E-state index contributed by atoms with van der Waals surface area (Å²) in [5.41, 5.74) is 2.77. The van der Waals surface area contributed by atoms with Crippen molar-refractivity contribution >= 4 is 44.4 Å². The third-order valence-corrected chi connectivity index (χ3v) is 6.74. The van der Waals surface area contributed by atoms with Crippen LogP contribution in [-0.4, -0.2) is 45.7 Å². The first-order valence-corrected chi connectivity index (χ1v) is 11.7. The molecule has 1 aliphatic heterocycles. The van der Waals surface area contributed by atoms with E-state index in [1.165, 1.54) is 0 Å². The molecule has 0 unspecified atom stereocenters. The summed E-state index contributed by atoms with van der Waals surface area (Å²) in [6, 6.07) is 6.05. The minimum absolute atomic E-state index is 0.0293. The van der Waals surface area contributed by atoms with Gasteiger partial charge < -0.3 is 15.5 Å². The average molecular weight is 484 g/mol. The fourth-order valence-corrected chi connectivity index (χ4v) is 5.06. The lowest BCUT2D eigenvalue weighted by Crippen LogP contribution is -2.43. The standard InChI is InChI=1S/C22H26BrN7O/c1-14-18(29-10-8-24-9-11-29)6-7-19(26-14)27-22-25-13-15-12-17(23)21(31)30(20(15)28-22)16-4-2-3-5-16/h6-7,12-13,16,24H,2-5,8-11H2,1H3,(H,25,26,27,28). The highest BCUT2D eigenvalue weighted by Crippen LogP contribution is 2.31. The van der Waals surface area contributed by atoms with Crippen molar-refractivity contribution in [2.75, 3.05) is 36.4 Å². The molecule has 0 atom stereocenters. The van der Waals surface area contributed by atoms with Crippen molar-refractivity contribution in [2.24, 2.45) is 0 Å². The zero-order valence-electron chi connectivity index (χ0n) is 17.6. The van der Waals surface area contributed by atoms with E-state index < -0.39 is 0 Å². The Morgan fingerprint density at radius 1 is 1.16 bits per heavy atom. The third kappa shape index (κ3) is 4.04. The molecule has 0 bridgehead atoms. The van der Waals surface area contributed by atoms with Gasteiger partial charge in [-0.2, -0.15) is 4.98 Å². The smallest absolute Gasteiger partial charge is 0.266 e. The van der Waals surface area contributed by atoms with Crippen molar-refractivity contribution in [3.63, 3.8) is 0 Å². The summed E-state index contributed by atoms with van der Waals surface area (Å²) < 4.78 is 2.39. The van der Waals surface area contributed by atoms with Crippen LogP contribution in [0.25, 0.3) is 11.0 Å². The Kier molecular flexibility index (Phi) is 5.62. The summed E-state index contributed by atoms with van der Waals surface area (Å²) in [6.07, 6.45) is 6.06. The highest BCUT2D eigenvalue weighted by molar-refractivity contribution is 9.10. The molecular formula is C22H26BrN7O. The summed E-state index contributed by atoms with van der Waals surface area (Å²) >= 11 is 3.41. The Labute approximate surface area is 189 Å². The van der Waals surface area contributed by atoms with Gasteiger partial charge in [-0.3, -0.25) is 9.36 Å². The number of nitrogens with zero attached hydrogens (tertiary/aromatic N) is 5. The zero-order valence-corrected chi connectivity index (χ0v) is 19.2. The largest absolute Gasteiger partial charge is 0.368 e. The predicted molar refractivity (Wildman–Crippen MR) is 126 cm³/mol. The molecule has 3 aromatic heterocycles. The number of aryl methyl sites for hydroxylation is 1. The van der Waals surface area contributed by atoms with E-state index in [-0.39, 0.29) is 11.6 Å². The molecule has 0 aromatic carbocycles. The molecule has 2 aliphatic rings. The van der Waals surface area contributed by atoms with Gasteiger partial charge in [0.2, 0.25) is 5.95 Å². The number of halogens is 1. The Hall–Kier alpha value is -2.52. The van der Waals surface area contributed by atoms with E-state index in [1.807, 2.05) is 17.6 Å². The highest BCUT2D eigenvalue weighted by atomic mass is 79.9. The number of rotatable bonds is 4. The Balaban J connectivity index is 1.47. The van der Waals surface area contributed by atoms with Gasteiger partial charge in [-0.15, -0.1) is 0 Å². The van der Waals surface area contributed by atoms with Gasteiger partial charge in [-0.05, 0) is 53.9 Å². The number of pyridine rings is 2. The molecule has 3 aromatic rings. The summed E-state index contributed by atoms with van der Waals surface area (Å²) in [5.74, 6) is 1.14. The molecule has 1 saturated heterocycles. The summed E-state index contributed by atoms with van der Waals surface area (Å²) in [5, 5.41) is 7.45. The van der Waals surface area contributed by atoms with Gasteiger partial charge in [0.25, 0.3) is 5.56 Å². The van der Waals surface area contributed by atoms with Crippen LogP contribution in [0.4, 0.5) is 17.5 Å². The van der Waals surface area contributed by atoms with Crippen molar-refractivity contribution in [3.05, 3.63) is 44.9 Å². The first-order chi connectivity index (χ1) is 15.1. The monoisotopic (exact) mass is 483 g/mol. The second-order valence-corrected chi connectivity index (χ2v) is 9.10. The highest BCUT2D eigenvalue weighted by Gasteiger charge is 2.22. The van der Waals surface area contributed by atoms with E-state index in [0.717, 1.165) is 68.6 Å². The SMILES string of the molecule is Cc1nc(Nc2ncc3cc(Br)c(=O)n(C4CCCC4)c3n2)ccc1N1CCNCC1. The molecular weight excluding hydrogens is 458 g/mol. The van der Waals surface area contributed by atoms with E-state index in [9.17, 15) is 4.79 Å². The lowest BCUT2D eigenvalue weighted by Gasteiger charge is -2.30. The van der Waals surface area contributed by atoms with Crippen LogP contribution < -0.4 is 21.1 Å². The number of aromatic nitrogens is 4. The molecule has 9 heteroatoms. The van der Waals surface area contributed by atoms with E-state index in [1.54, 1.807) is 12.3 Å². The molecule has 2 fully saturated rings. The Morgan fingerprint density at radius 3 is 2.68 bits per heavy atom. The first-order valence-electron chi connectivity index (χ1n) is 10.9. The van der Waals surface area contributed by atoms with Crippen LogP contribution in [0.1, 0.15) is 37.4 Å². The van der Waals surface area contributed by atoms with E-state index in [2.05, 4.69) is 42.5 Å². The number of anilines is 3. The predicted octanol–water partition coefficient (Wildman–Crippen LogP) is 3.53.